The van der Waals surface area contributed by atoms with Crippen molar-refractivity contribution in [2.45, 2.75) is 0 Å². The molecule has 0 aliphatic heterocycles. The molecule has 2 amide bonds. The zero-order valence-electron chi connectivity index (χ0n) is 6.94. The molecule has 0 radical (unpaired) electrons. The molecule has 3 nitrogen and oxygen atoms in total. The van der Waals surface area contributed by atoms with Gasteiger partial charge in [0, 0.05) is 24.8 Å². The second kappa shape index (κ2) is 4.96. The molecule has 0 unspecified atom stereocenters. The number of nitrogens with zero attached hydrogens (tertiary/aromatic N) is 2. The van der Waals surface area contributed by atoms with Crippen LogP contribution in [0.25, 0.3) is 0 Å². The number of rotatable bonds is 4. The largest absolute Gasteiger partial charge is 0.336 e. The summed E-state index contributed by atoms with van der Waals surface area (Å²) in [5.41, 5.74) is 0. The lowest BCUT2D eigenvalue weighted by Crippen LogP contribution is -2.30. The first-order valence-electron chi connectivity index (χ1n) is 3.32. The van der Waals surface area contributed by atoms with Crippen molar-refractivity contribution in [1.29, 1.82) is 0 Å². The number of amides is 2. The first kappa shape index (κ1) is 10.2. The van der Waals surface area contributed by atoms with Crippen LogP contribution in [-0.4, -0.2) is 15.8 Å². The number of hydrogen-bond acceptors (Lipinski definition) is 1. The van der Waals surface area contributed by atoms with Crippen LogP contribution in [0.3, 0.4) is 0 Å². The van der Waals surface area contributed by atoms with Crippen LogP contribution in [0.2, 0.25) is 0 Å². The van der Waals surface area contributed by atoms with Crippen LogP contribution in [0.1, 0.15) is 0 Å². The lowest BCUT2D eigenvalue weighted by molar-refractivity contribution is 0.210. The smallest absolute Gasteiger partial charge is 0.277 e. The third-order valence-corrected chi connectivity index (χ3v) is 1.23. The molecule has 0 aromatic rings. The molecule has 0 N–H and O–H groups in total. The van der Waals surface area contributed by atoms with Gasteiger partial charge in [-0.15, -0.1) is 0 Å². The summed E-state index contributed by atoms with van der Waals surface area (Å²) in [5.74, 6) is 0. The van der Waals surface area contributed by atoms with E-state index >= 15 is 0 Å². The third-order valence-electron chi connectivity index (χ3n) is 1.23. The predicted molar refractivity (Wildman–Crippen MR) is 49.9 cm³/mol. The van der Waals surface area contributed by atoms with Gasteiger partial charge in [0.15, 0.2) is 0 Å². The first-order chi connectivity index (χ1) is 5.71. The highest BCUT2D eigenvalue weighted by atomic mass is 16.2. The van der Waals surface area contributed by atoms with Crippen molar-refractivity contribution in [3.8, 4) is 0 Å². The van der Waals surface area contributed by atoms with Gasteiger partial charge in [0.2, 0.25) is 0 Å². The Morgan fingerprint density at radius 1 is 0.833 bits per heavy atom. The van der Waals surface area contributed by atoms with E-state index in [1.54, 1.807) is 0 Å². The van der Waals surface area contributed by atoms with Gasteiger partial charge < -0.3 is 0 Å². The molecule has 0 atom stereocenters. The number of carbonyl (C=O) groups is 1. The molecular formula is C9H12N2O. The highest BCUT2D eigenvalue weighted by molar-refractivity contribution is 5.78. The van der Waals surface area contributed by atoms with Crippen LogP contribution in [0.4, 0.5) is 4.79 Å². The Labute approximate surface area is 72.6 Å². The summed E-state index contributed by atoms with van der Waals surface area (Å²) in [6.07, 6.45) is 5.43. The van der Waals surface area contributed by atoms with Gasteiger partial charge >= 0.3 is 6.03 Å². The zero-order valence-corrected chi connectivity index (χ0v) is 6.94. The van der Waals surface area contributed by atoms with Crippen LogP contribution in [0.15, 0.2) is 51.1 Å². The van der Waals surface area contributed by atoms with Crippen molar-refractivity contribution in [1.82, 2.24) is 9.80 Å². The Morgan fingerprint density at radius 3 is 1.25 bits per heavy atom. The summed E-state index contributed by atoms with van der Waals surface area (Å²) in [6.45, 7) is 13.8. The molecule has 0 aromatic heterocycles. The van der Waals surface area contributed by atoms with Gasteiger partial charge in [-0.3, -0.25) is 9.80 Å². The van der Waals surface area contributed by atoms with Crippen molar-refractivity contribution in [2.75, 3.05) is 0 Å². The highest BCUT2D eigenvalue weighted by Crippen LogP contribution is 2.00. The molecule has 0 rings (SSSR count). The summed E-state index contributed by atoms with van der Waals surface area (Å²) in [4.78, 5) is 13.8. The van der Waals surface area contributed by atoms with E-state index in [4.69, 9.17) is 0 Å². The van der Waals surface area contributed by atoms with Crippen LogP contribution in [-0.2, 0) is 0 Å². The average molecular weight is 164 g/mol. The van der Waals surface area contributed by atoms with E-state index in [9.17, 15) is 4.79 Å². The van der Waals surface area contributed by atoms with E-state index in [1.165, 1.54) is 34.6 Å². The molecule has 0 saturated carbocycles. The zero-order chi connectivity index (χ0) is 9.56. The van der Waals surface area contributed by atoms with Crippen LogP contribution in [0.5, 0.6) is 0 Å². The average Bonchev–Trinajstić information content (AvgIpc) is 2.09. The van der Waals surface area contributed by atoms with Crippen LogP contribution < -0.4 is 0 Å². The normalized spacial score (nSPS) is 8.00. The fourth-order valence-corrected chi connectivity index (χ4v) is 0.595. The van der Waals surface area contributed by atoms with Gasteiger partial charge in [-0.05, 0) is 0 Å². The van der Waals surface area contributed by atoms with Crippen LogP contribution >= 0.6 is 0 Å². The fraction of sp³-hybridized carbons (Fsp3) is 0. The predicted octanol–water partition coefficient (Wildman–Crippen LogP) is 2.28. The lowest BCUT2D eigenvalue weighted by Gasteiger charge is -2.18. The van der Waals surface area contributed by atoms with Crippen molar-refractivity contribution in [3.05, 3.63) is 51.1 Å². The minimum absolute atomic E-state index is 0.315. The Morgan fingerprint density at radius 2 is 1.08 bits per heavy atom. The molecule has 64 valence electrons. The maximum atomic E-state index is 11.3. The quantitative estimate of drug-likeness (QED) is 0.625. The molecule has 12 heavy (non-hydrogen) atoms. The van der Waals surface area contributed by atoms with Gasteiger partial charge in [-0.25, -0.2) is 4.79 Å². The Bertz CT molecular complexity index is 183. The second-order valence-electron chi connectivity index (χ2n) is 1.83. The molecule has 0 aliphatic carbocycles. The van der Waals surface area contributed by atoms with Gasteiger partial charge in [0.1, 0.15) is 0 Å². The van der Waals surface area contributed by atoms with Gasteiger partial charge in [-0.2, -0.15) is 0 Å². The van der Waals surface area contributed by atoms with E-state index in [1.807, 2.05) is 0 Å². The summed E-state index contributed by atoms with van der Waals surface area (Å²) < 4.78 is 0. The molecule has 0 aliphatic rings. The topological polar surface area (TPSA) is 23.6 Å². The monoisotopic (exact) mass is 164 g/mol. The van der Waals surface area contributed by atoms with Crippen molar-refractivity contribution < 1.29 is 4.79 Å². The summed E-state index contributed by atoms with van der Waals surface area (Å²) in [5, 5.41) is 0. The second-order valence-corrected chi connectivity index (χ2v) is 1.83. The van der Waals surface area contributed by atoms with Crippen molar-refractivity contribution in [3.63, 3.8) is 0 Å². The van der Waals surface area contributed by atoms with Gasteiger partial charge in [0.05, 0.1) is 0 Å². The highest BCUT2D eigenvalue weighted by Gasteiger charge is 2.10. The summed E-state index contributed by atoms with van der Waals surface area (Å²) in [7, 11) is 0. The van der Waals surface area contributed by atoms with E-state index in [-0.39, 0.29) is 6.03 Å². The van der Waals surface area contributed by atoms with E-state index < -0.39 is 0 Å². The molecule has 0 bridgehead atoms. The standard InChI is InChI=1S/C9H12N2O/c1-5-10(6-2)9(12)11(7-3)8-4/h5-8H,1-4H2. The number of carbonyl (C=O) groups excluding carboxylic acids is 1. The van der Waals surface area contributed by atoms with Crippen molar-refractivity contribution >= 4 is 6.03 Å². The fourth-order valence-electron chi connectivity index (χ4n) is 0.595. The Balaban J connectivity index is 4.52. The maximum absolute atomic E-state index is 11.3. The van der Waals surface area contributed by atoms with E-state index in [2.05, 4.69) is 26.3 Å². The third kappa shape index (κ3) is 2.12. The number of hydrogen-bond donors (Lipinski definition) is 0. The van der Waals surface area contributed by atoms with Gasteiger partial charge in [-0.1, -0.05) is 26.3 Å². The maximum Gasteiger partial charge on any atom is 0.336 e. The van der Waals surface area contributed by atoms with Crippen LogP contribution in [0, 0.1) is 0 Å². The molecule has 0 spiro atoms. The van der Waals surface area contributed by atoms with Crippen molar-refractivity contribution in [2.24, 2.45) is 0 Å². The molecular weight excluding hydrogens is 152 g/mol. The Hall–Kier alpha value is -1.77. The number of urea groups is 1. The minimum Gasteiger partial charge on any atom is -0.277 e. The van der Waals surface area contributed by atoms with E-state index in [0.29, 0.717) is 0 Å². The summed E-state index contributed by atoms with van der Waals surface area (Å²) >= 11 is 0. The SMILES string of the molecule is C=CN(C=C)C(=O)N(C=C)C=C. The molecule has 0 fully saturated rings. The van der Waals surface area contributed by atoms with E-state index in [0.717, 1.165) is 0 Å². The first-order valence-corrected chi connectivity index (χ1v) is 3.32. The molecule has 0 saturated heterocycles. The minimum atomic E-state index is -0.315. The summed E-state index contributed by atoms with van der Waals surface area (Å²) in [6, 6.07) is -0.315. The Kier molecular flexibility index (Phi) is 4.23. The molecule has 0 aromatic carbocycles. The van der Waals surface area contributed by atoms with Gasteiger partial charge in [0.25, 0.3) is 0 Å². The molecule has 3 heteroatoms. The lowest BCUT2D eigenvalue weighted by atomic mass is 10.6. The molecule has 0 heterocycles.